The Morgan fingerprint density at radius 1 is 0.467 bits per heavy atom. The maximum absolute atomic E-state index is 5.29. The number of fused-ring (bicyclic) bond motifs is 5. The van der Waals surface area contributed by atoms with Crippen molar-refractivity contribution in [1.82, 2.24) is 24.5 Å². The molecular formula is C55H39N5. The Morgan fingerprint density at radius 2 is 0.983 bits per heavy atom. The van der Waals surface area contributed by atoms with Crippen LogP contribution in [0.3, 0.4) is 0 Å². The van der Waals surface area contributed by atoms with Crippen molar-refractivity contribution in [2.45, 2.75) is 18.8 Å². The third-order valence-electron chi connectivity index (χ3n) is 11.9. The fraction of sp³-hybridized carbons (Fsp3) is 0.0545. The molecule has 1 aliphatic rings. The summed E-state index contributed by atoms with van der Waals surface area (Å²) in [6.45, 7) is 2.30. The number of allylic oxidation sites excluding steroid dienone is 4. The lowest BCUT2D eigenvalue weighted by Crippen LogP contribution is -2.19. The summed E-state index contributed by atoms with van der Waals surface area (Å²) in [6, 6.07) is 65.6. The standard InChI is InChI=1S/C55H39N5/c1-55(43-19-9-4-10-20-43)35-33-38(34-36-55)37-25-27-41(28-26-37)53-57-52(40-17-7-3-8-18-40)58-54(59-53)42-29-31-44(32-30-42)60-48-24-14-12-22-46(48)49-45-21-11-13-23-47(45)56-50(51(49)60)39-15-5-2-6-16-39/h2-35H,36H2,1H3. The van der Waals surface area contributed by atoms with Gasteiger partial charge in [0.1, 0.15) is 0 Å². The molecule has 11 rings (SSSR count). The number of aromatic nitrogens is 5. The average Bonchev–Trinajstić information content (AvgIpc) is 3.68. The van der Waals surface area contributed by atoms with Gasteiger partial charge in [-0.1, -0.05) is 177 Å². The van der Waals surface area contributed by atoms with Crippen molar-refractivity contribution in [1.29, 1.82) is 0 Å². The van der Waals surface area contributed by atoms with Crippen LogP contribution in [0.4, 0.5) is 0 Å². The van der Waals surface area contributed by atoms with Crippen molar-refractivity contribution in [3.05, 3.63) is 217 Å². The molecular weight excluding hydrogens is 731 g/mol. The van der Waals surface area contributed by atoms with Crippen LogP contribution in [0, 0.1) is 0 Å². The lowest BCUT2D eigenvalue weighted by Gasteiger charge is -2.28. The average molecular weight is 770 g/mol. The van der Waals surface area contributed by atoms with E-state index >= 15 is 0 Å². The highest BCUT2D eigenvalue weighted by molar-refractivity contribution is 6.23. The van der Waals surface area contributed by atoms with E-state index in [0.717, 1.165) is 62.0 Å². The zero-order chi connectivity index (χ0) is 40.0. The van der Waals surface area contributed by atoms with E-state index in [1.807, 2.05) is 30.3 Å². The molecule has 1 aliphatic carbocycles. The van der Waals surface area contributed by atoms with Gasteiger partial charge >= 0.3 is 0 Å². The largest absolute Gasteiger partial charge is 0.307 e. The Kier molecular flexibility index (Phi) is 8.59. The maximum atomic E-state index is 5.29. The van der Waals surface area contributed by atoms with Crippen LogP contribution in [0.1, 0.15) is 24.5 Å². The molecule has 0 fully saturated rings. The van der Waals surface area contributed by atoms with Crippen molar-refractivity contribution in [2.75, 3.05) is 0 Å². The first-order valence-corrected chi connectivity index (χ1v) is 20.5. The Hall–Kier alpha value is -7.76. The Morgan fingerprint density at radius 3 is 1.62 bits per heavy atom. The molecule has 0 N–H and O–H groups in total. The third-order valence-corrected chi connectivity index (χ3v) is 11.9. The number of para-hydroxylation sites is 2. The topological polar surface area (TPSA) is 56.5 Å². The van der Waals surface area contributed by atoms with Gasteiger partial charge in [-0.2, -0.15) is 0 Å². The molecule has 3 aromatic heterocycles. The van der Waals surface area contributed by atoms with Crippen LogP contribution in [0.2, 0.25) is 0 Å². The molecule has 3 heterocycles. The van der Waals surface area contributed by atoms with Crippen LogP contribution >= 0.6 is 0 Å². The van der Waals surface area contributed by atoms with Gasteiger partial charge in [0.05, 0.1) is 22.2 Å². The van der Waals surface area contributed by atoms with Gasteiger partial charge in [-0.05, 0) is 59.5 Å². The van der Waals surface area contributed by atoms with E-state index in [0.29, 0.717) is 17.5 Å². The number of pyridine rings is 1. The summed E-state index contributed by atoms with van der Waals surface area (Å²) in [5, 5.41) is 3.52. The van der Waals surface area contributed by atoms with Gasteiger partial charge in [-0.3, -0.25) is 0 Å². The van der Waals surface area contributed by atoms with Gasteiger partial charge in [0, 0.05) is 49.5 Å². The maximum Gasteiger partial charge on any atom is 0.164 e. The smallest absolute Gasteiger partial charge is 0.164 e. The summed E-state index contributed by atoms with van der Waals surface area (Å²) >= 11 is 0. The summed E-state index contributed by atoms with van der Waals surface area (Å²) in [4.78, 5) is 20.5. The molecule has 284 valence electrons. The van der Waals surface area contributed by atoms with E-state index in [4.69, 9.17) is 19.9 Å². The molecule has 0 saturated carbocycles. The van der Waals surface area contributed by atoms with Crippen molar-refractivity contribution in [3.8, 4) is 51.1 Å². The molecule has 0 spiro atoms. The highest BCUT2D eigenvalue weighted by atomic mass is 15.0. The van der Waals surface area contributed by atoms with E-state index in [2.05, 4.69) is 187 Å². The van der Waals surface area contributed by atoms with Gasteiger partial charge in [0.15, 0.2) is 17.5 Å². The van der Waals surface area contributed by atoms with Crippen LogP contribution in [-0.4, -0.2) is 24.5 Å². The molecule has 10 aromatic rings. The minimum Gasteiger partial charge on any atom is -0.307 e. The minimum atomic E-state index is -0.0152. The number of hydrogen-bond donors (Lipinski definition) is 0. The molecule has 5 heteroatoms. The second kappa shape index (κ2) is 14.6. The Bertz CT molecular complexity index is 3260. The van der Waals surface area contributed by atoms with Crippen LogP contribution in [-0.2, 0) is 5.41 Å². The molecule has 7 aromatic carbocycles. The molecule has 0 amide bonds. The van der Waals surface area contributed by atoms with E-state index in [9.17, 15) is 0 Å². The van der Waals surface area contributed by atoms with Crippen LogP contribution in [0.25, 0.3) is 89.4 Å². The fourth-order valence-corrected chi connectivity index (χ4v) is 8.66. The summed E-state index contributed by atoms with van der Waals surface area (Å²) in [5.41, 5.74) is 12.7. The summed E-state index contributed by atoms with van der Waals surface area (Å²) in [7, 11) is 0. The van der Waals surface area contributed by atoms with Crippen LogP contribution < -0.4 is 0 Å². The molecule has 60 heavy (non-hydrogen) atoms. The van der Waals surface area contributed by atoms with Crippen LogP contribution in [0.5, 0.6) is 0 Å². The Balaban J connectivity index is 0.990. The van der Waals surface area contributed by atoms with E-state index in [1.165, 1.54) is 27.5 Å². The number of hydrogen-bond acceptors (Lipinski definition) is 4. The molecule has 1 atom stereocenters. The van der Waals surface area contributed by atoms with Gasteiger partial charge < -0.3 is 4.57 Å². The summed E-state index contributed by atoms with van der Waals surface area (Å²) in [5.74, 6) is 1.88. The lowest BCUT2D eigenvalue weighted by molar-refractivity contribution is 0.601. The first kappa shape index (κ1) is 35.4. The first-order valence-electron chi connectivity index (χ1n) is 20.5. The quantitative estimate of drug-likeness (QED) is 0.162. The zero-order valence-electron chi connectivity index (χ0n) is 33.1. The number of nitrogens with zero attached hydrogens (tertiary/aromatic N) is 5. The molecule has 1 unspecified atom stereocenters. The SMILES string of the molecule is CC1(c2ccccc2)C=CC(c2ccc(-c3nc(-c4ccccc4)nc(-c4ccc(-n5c6ccccc6c6c7ccccc7nc(-c7ccccc7)c65)cc4)n3)cc2)=CC1. The van der Waals surface area contributed by atoms with E-state index < -0.39 is 0 Å². The number of benzene rings is 7. The zero-order valence-corrected chi connectivity index (χ0v) is 33.1. The Labute approximate surface area is 348 Å². The molecule has 5 nitrogen and oxygen atoms in total. The summed E-state index contributed by atoms with van der Waals surface area (Å²) in [6.07, 6.45) is 7.88. The second-order valence-corrected chi connectivity index (χ2v) is 15.7. The lowest BCUT2D eigenvalue weighted by atomic mass is 9.75. The first-order chi connectivity index (χ1) is 29.6. The van der Waals surface area contributed by atoms with Gasteiger partial charge in [-0.15, -0.1) is 0 Å². The molecule has 0 radical (unpaired) electrons. The van der Waals surface area contributed by atoms with Gasteiger partial charge in [-0.25, -0.2) is 19.9 Å². The molecule has 0 bridgehead atoms. The van der Waals surface area contributed by atoms with Crippen molar-refractivity contribution >= 4 is 38.3 Å². The predicted octanol–water partition coefficient (Wildman–Crippen LogP) is 13.5. The van der Waals surface area contributed by atoms with Crippen molar-refractivity contribution in [3.63, 3.8) is 0 Å². The molecule has 0 saturated heterocycles. The number of rotatable bonds is 7. The van der Waals surface area contributed by atoms with E-state index in [1.54, 1.807) is 0 Å². The van der Waals surface area contributed by atoms with E-state index in [-0.39, 0.29) is 5.41 Å². The third kappa shape index (κ3) is 6.19. The van der Waals surface area contributed by atoms with Crippen LogP contribution in [0.15, 0.2) is 206 Å². The minimum absolute atomic E-state index is 0.0152. The normalized spacial score (nSPS) is 15.1. The fourth-order valence-electron chi connectivity index (χ4n) is 8.66. The predicted molar refractivity (Wildman–Crippen MR) is 247 cm³/mol. The monoisotopic (exact) mass is 769 g/mol. The van der Waals surface area contributed by atoms with Crippen molar-refractivity contribution in [2.24, 2.45) is 0 Å². The highest BCUT2D eigenvalue weighted by Crippen LogP contribution is 2.41. The van der Waals surface area contributed by atoms with Gasteiger partial charge in [0.2, 0.25) is 0 Å². The highest BCUT2D eigenvalue weighted by Gasteiger charge is 2.25. The second-order valence-electron chi connectivity index (χ2n) is 15.7. The van der Waals surface area contributed by atoms with Crippen molar-refractivity contribution < 1.29 is 0 Å². The van der Waals surface area contributed by atoms with Gasteiger partial charge in [0.25, 0.3) is 0 Å². The molecule has 0 aliphatic heterocycles. The summed E-state index contributed by atoms with van der Waals surface area (Å²) < 4.78 is 2.35.